The largest absolute Gasteiger partial charge is 0.419 e. The van der Waals surface area contributed by atoms with Crippen molar-refractivity contribution in [3.63, 3.8) is 0 Å². The number of unbranched alkanes of at least 4 members (excludes halogenated alkanes) is 1. The molecule has 0 aliphatic heterocycles. The number of imidazole rings is 1. The zero-order chi connectivity index (χ0) is 26.9. The van der Waals surface area contributed by atoms with Crippen LogP contribution in [0.15, 0.2) is 65.8 Å². The Morgan fingerprint density at radius 2 is 1.84 bits per heavy atom. The summed E-state index contributed by atoms with van der Waals surface area (Å²) in [5.41, 5.74) is 2.28. The lowest BCUT2D eigenvalue weighted by molar-refractivity contribution is -0.137. The number of pyridine rings is 1. The molecule has 12 heteroatoms. The maximum Gasteiger partial charge on any atom is 0.419 e. The molecule has 0 spiro atoms. The molecular weight excluding hydrogens is 497 g/mol. The van der Waals surface area contributed by atoms with Gasteiger partial charge in [0.25, 0.3) is 0 Å². The maximum absolute atomic E-state index is 13.7. The molecule has 0 unspecified atom stereocenters. The van der Waals surface area contributed by atoms with Crippen molar-refractivity contribution in [3.8, 4) is 28.5 Å². The highest BCUT2D eigenvalue weighted by Gasteiger charge is 2.36. The molecule has 9 nitrogen and oxygen atoms in total. The number of halogens is 3. The quantitative estimate of drug-likeness (QED) is 0.320. The lowest BCUT2D eigenvalue weighted by Gasteiger charge is -2.11. The molecule has 4 aromatic heterocycles. The molecule has 1 N–H and O–H groups in total. The number of alkyl halides is 3. The summed E-state index contributed by atoms with van der Waals surface area (Å²) < 4.78 is 45.0. The van der Waals surface area contributed by atoms with Crippen LogP contribution >= 0.6 is 0 Å². The molecule has 0 atom stereocenters. The van der Waals surface area contributed by atoms with Gasteiger partial charge in [-0.2, -0.15) is 18.4 Å². The second-order valence-electron chi connectivity index (χ2n) is 8.96. The van der Waals surface area contributed by atoms with Crippen molar-refractivity contribution >= 4 is 0 Å². The van der Waals surface area contributed by atoms with Gasteiger partial charge in [0.05, 0.1) is 17.8 Å². The lowest BCUT2D eigenvalue weighted by atomic mass is 10.0. The van der Waals surface area contributed by atoms with E-state index in [9.17, 15) is 18.0 Å². The Bertz CT molecular complexity index is 1590. The molecule has 1 aromatic carbocycles. The van der Waals surface area contributed by atoms with Crippen molar-refractivity contribution < 1.29 is 13.2 Å². The summed E-state index contributed by atoms with van der Waals surface area (Å²) in [6.45, 7) is 2.20. The van der Waals surface area contributed by atoms with Gasteiger partial charge in [-0.15, -0.1) is 10.2 Å². The van der Waals surface area contributed by atoms with Crippen LogP contribution in [0.25, 0.3) is 28.5 Å². The molecule has 0 saturated heterocycles. The third-order valence-corrected chi connectivity index (χ3v) is 6.38. The summed E-state index contributed by atoms with van der Waals surface area (Å²) in [6.07, 6.45) is 2.15. The maximum atomic E-state index is 13.7. The topological polar surface area (TPSA) is 99.2 Å². The fraction of sp³-hybridized carbons (Fsp3) is 0.269. The normalized spacial score (nSPS) is 11.8. The number of tetrazole rings is 1. The number of hydrogen-bond donors (Lipinski definition) is 1. The SMILES string of the molecule is CCCCc1cn(-c2c(C(F)(F)F)ccn2C)c(=O)n1Cc1ccc(-c2ccccc2-c2nn[nH]n2)nc1. The highest BCUT2D eigenvalue weighted by atomic mass is 19.4. The fourth-order valence-corrected chi connectivity index (χ4v) is 4.48. The molecule has 38 heavy (non-hydrogen) atoms. The van der Waals surface area contributed by atoms with Gasteiger partial charge >= 0.3 is 11.9 Å². The first-order valence-electron chi connectivity index (χ1n) is 12.1. The number of H-pyrrole nitrogens is 1. The van der Waals surface area contributed by atoms with Crippen LogP contribution in [0.2, 0.25) is 0 Å². The molecule has 0 fully saturated rings. The number of aromatic amines is 1. The smallest absolute Gasteiger partial charge is 0.337 e. The molecular formula is C26H25F3N8O. The minimum absolute atomic E-state index is 0.177. The second kappa shape index (κ2) is 10.1. The molecule has 5 aromatic rings. The molecule has 0 aliphatic carbocycles. The molecule has 0 bridgehead atoms. The van der Waals surface area contributed by atoms with Crippen molar-refractivity contribution in [2.24, 2.45) is 7.05 Å². The van der Waals surface area contributed by atoms with Crippen LogP contribution in [-0.4, -0.2) is 39.3 Å². The predicted octanol–water partition coefficient (Wildman–Crippen LogP) is 4.63. The van der Waals surface area contributed by atoms with Crippen molar-refractivity contribution in [3.05, 3.63) is 88.4 Å². The lowest BCUT2D eigenvalue weighted by Crippen LogP contribution is -2.27. The van der Waals surface area contributed by atoms with E-state index < -0.39 is 17.4 Å². The van der Waals surface area contributed by atoms with Crippen LogP contribution in [-0.2, 0) is 26.2 Å². The molecule has 0 saturated carbocycles. The Morgan fingerprint density at radius 3 is 2.50 bits per heavy atom. The van der Waals surface area contributed by atoms with Crippen LogP contribution < -0.4 is 5.69 Å². The number of aryl methyl sites for hydroxylation is 2. The van der Waals surface area contributed by atoms with Crippen molar-refractivity contribution in [1.29, 1.82) is 0 Å². The average molecular weight is 523 g/mol. The van der Waals surface area contributed by atoms with Crippen molar-refractivity contribution in [2.45, 2.75) is 38.9 Å². The summed E-state index contributed by atoms with van der Waals surface area (Å²) >= 11 is 0. The summed E-state index contributed by atoms with van der Waals surface area (Å²) in [4.78, 5) is 18.0. The summed E-state index contributed by atoms with van der Waals surface area (Å²) in [7, 11) is 1.50. The minimum atomic E-state index is -4.58. The van der Waals surface area contributed by atoms with Crippen LogP contribution in [0.1, 0.15) is 36.6 Å². The Labute approximate surface area is 215 Å². The fourth-order valence-electron chi connectivity index (χ4n) is 4.48. The van der Waals surface area contributed by atoms with Gasteiger partial charge in [-0.25, -0.2) is 4.79 Å². The standard InChI is InChI=1S/C26H25F3N8O/c1-3-4-7-18-16-37(24-21(26(27,28)29)12-13-35(24)2)25(38)36(18)15-17-10-11-22(30-14-17)19-8-5-6-9-20(19)23-31-33-34-32-23/h5-6,8-14,16H,3-4,7,15H2,1-2H3,(H,31,32,33,34). The molecule has 0 aliphatic rings. The van der Waals surface area contributed by atoms with E-state index in [0.717, 1.165) is 40.2 Å². The Kier molecular flexibility index (Phi) is 6.70. The second-order valence-corrected chi connectivity index (χ2v) is 8.96. The third-order valence-electron chi connectivity index (χ3n) is 6.38. The zero-order valence-corrected chi connectivity index (χ0v) is 20.8. The number of benzene rings is 1. The highest BCUT2D eigenvalue weighted by molar-refractivity contribution is 5.78. The average Bonchev–Trinajstić information content (AvgIpc) is 3.64. The van der Waals surface area contributed by atoms with Gasteiger partial charge in [-0.1, -0.05) is 43.7 Å². The third kappa shape index (κ3) is 4.76. The highest BCUT2D eigenvalue weighted by Crippen LogP contribution is 2.34. The Hall–Kier alpha value is -4.48. The van der Waals surface area contributed by atoms with Gasteiger partial charge < -0.3 is 4.57 Å². The summed E-state index contributed by atoms with van der Waals surface area (Å²) in [5, 5.41) is 14.2. The van der Waals surface area contributed by atoms with E-state index in [2.05, 4.69) is 25.6 Å². The zero-order valence-electron chi connectivity index (χ0n) is 20.8. The monoisotopic (exact) mass is 522 g/mol. The van der Waals surface area contributed by atoms with Gasteiger partial charge in [0.2, 0.25) is 5.82 Å². The van der Waals surface area contributed by atoms with E-state index >= 15 is 0 Å². The molecule has 0 radical (unpaired) electrons. The van der Waals surface area contributed by atoms with Gasteiger partial charge in [0.1, 0.15) is 5.82 Å². The summed E-state index contributed by atoms with van der Waals surface area (Å²) in [6, 6.07) is 12.2. The van der Waals surface area contributed by atoms with Gasteiger partial charge in [0, 0.05) is 42.5 Å². The summed E-state index contributed by atoms with van der Waals surface area (Å²) in [5.74, 6) is 0.240. The molecule has 196 valence electrons. The molecule has 5 rings (SSSR count). The van der Waals surface area contributed by atoms with E-state index in [1.54, 1.807) is 6.20 Å². The number of hydrogen-bond acceptors (Lipinski definition) is 5. The van der Waals surface area contributed by atoms with Crippen molar-refractivity contribution in [1.82, 2.24) is 39.3 Å². The van der Waals surface area contributed by atoms with E-state index in [-0.39, 0.29) is 12.4 Å². The first-order chi connectivity index (χ1) is 18.3. The van der Waals surface area contributed by atoms with Gasteiger partial charge in [0.15, 0.2) is 0 Å². The van der Waals surface area contributed by atoms with E-state index in [1.165, 1.54) is 28.6 Å². The Balaban J connectivity index is 1.50. The van der Waals surface area contributed by atoms with Gasteiger partial charge in [-0.05, 0) is 35.8 Å². The van der Waals surface area contributed by atoms with E-state index in [1.807, 2.05) is 43.3 Å². The predicted molar refractivity (Wildman–Crippen MR) is 135 cm³/mol. The van der Waals surface area contributed by atoms with E-state index in [0.29, 0.717) is 23.6 Å². The minimum Gasteiger partial charge on any atom is -0.337 e. The van der Waals surface area contributed by atoms with E-state index in [4.69, 9.17) is 0 Å². The number of nitrogens with one attached hydrogen (secondary N) is 1. The van der Waals surface area contributed by atoms with Crippen LogP contribution in [0.4, 0.5) is 13.2 Å². The first-order valence-corrected chi connectivity index (χ1v) is 12.1. The first kappa shape index (κ1) is 25.2. The Morgan fingerprint density at radius 1 is 1.05 bits per heavy atom. The van der Waals surface area contributed by atoms with Gasteiger partial charge in [-0.3, -0.25) is 14.1 Å². The number of rotatable bonds is 8. The van der Waals surface area contributed by atoms with Crippen LogP contribution in [0, 0.1) is 0 Å². The van der Waals surface area contributed by atoms with Crippen LogP contribution in [0.3, 0.4) is 0 Å². The number of nitrogens with zero attached hydrogens (tertiary/aromatic N) is 7. The molecule has 0 amide bonds. The van der Waals surface area contributed by atoms with Crippen LogP contribution in [0.5, 0.6) is 0 Å². The molecule has 4 heterocycles. The number of aromatic nitrogens is 8. The van der Waals surface area contributed by atoms with Crippen molar-refractivity contribution in [2.75, 3.05) is 0 Å².